The molecule has 2 aromatic rings. The third kappa shape index (κ3) is 2.36. The molecule has 0 bridgehead atoms. The van der Waals surface area contributed by atoms with Gasteiger partial charge in [-0.3, -0.25) is 10.1 Å². The Balaban J connectivity index is 2.70. The van der Waals surface area contributed by atoms with E-state index in [1.54, 1.807) is 0 Å². The first-order chi connectivity index (χ1) is 8.91. The Morgan fingerprint density at radius 3 is 2.63 bits per heavy atom. The number of rotatable bonds is 2. The van der Waals surface area contributed by atoms with Gasteiger partial charge in [0.15, 0.2) is 5.82 Å². The summed E-state index contributed by atoms with van der Waals surface area (Å²) < 4.78 is 27.9. The zero-order chi connectivity index (χ0) is 14.2. The average Bonchev–Trinajstić information content (AvgIpc) is 2.33. The normalized spacial score (nSPS) is 10.5. The van der Waals surface area contributed by atoms with Crippen molar-refractivity contribution in [2.45, 2.75) is 0 Å². The Morgan fingerprint density at radius 2 is 2.05 bits per heavy atom. The summed E-state index contributed by atoms with van der Waals surface area (Å²) in [5, 5.41) is 10.6. The molecule has 0 saturated carbocycles. The zero-order valence-corrected chi connectivity index (χ0v) is 10.7. The van der Waals surface area contributed by atoms with E-state index in [1.807, 2.05) is 0 Å². The fourth-order valence-corrected chi connectivity index (χ4v) is 1.58. The van der Waals surface area contributed by atoms with E-state index in [0.717, 1.165) is 12.1 Å². The van der Waals surface area contributed by atoms with Crippen LogP contribution in [-0.2, 0) is 0 Å². The summed E-state index contributed by atoms with van der Waals surface area (Å²) in [4.78, 5) is 17.0. The molecule has 0 saturated heterocycles. The zero-order valence-electron chi connectivity index (χ0n) is 9.10. The molecule has 1 aromatic carbocycles. The molecule has 0 spiro atoms. The highest BCUT2D eigenvalue weighted by atomic mass is 79.9. The van der Waals surface area contributed by atoms with Gasteiger partial charge in [0.2, 0.25) is 5.82 Å². The number of nitro benzene ring substituents is 1. The van der Waals surface area contributed by atoms with Crippen LogP contribution < -0.4 is 5.73 Å². The van der Waals surface area contributed by atoms with Gasteiger partial charge in [-0.2, -0.15) is 4.39 Å². The highest BCUT2D eigenvalue weighted by Crippen LogP contribution is 2.30. The van der Waals surface area contributed by atoms with E-state index in [2.05, 4.69) is 25.9 Å². The minimum Gasteiger partial charge on any atom is -0.383 e. The molecule has 2 rings (SSSR count). The number of hydrogen-bond acceptors (Lipinski definition) is 5. The maximum Gasteiger partial charge on any atom is 0.305 e. The lowest BCUT2D eigenvalue weighted by Crippen LogP contribution is -2.02. The first kappa shape index (κ1) is 13.3. The van der Waals surface area contributed by atoms with E-state index in [1.165, 1.54) is 6.20 Å². The predicted octanol–water partition coefficient (Wildman–Crippen LogP) is 2.67. The minimum absolute atomic E-state index is 0.0321. The summed E-state index contributed by atoms with van der Waals surface area (Å²) in [7, 11) is 0. The molecule has 19 heavy (non-hydrogen) atoms. The van der Waals surface area contributed by atoms with Crippen molar-refractivity contribution in [2.24, 2.45) is 0 Å². The molecule has 9 heteroatoms. The molecule has 0 aliphatic carbocycles. The molecule has 0 radical (unpaired) electrons. The van der Waals surface area contributed by atoms with Crippen molar-refractivity contribution in [3.63, 3.8) is 0 Å². The van der Waals surface area contributed by atoms with Crippen molar-refractivity contribution in [3.05, 3.63) is 44.6 Å². The first-order valence-corrected chi connectivity index (χ1v) is 5.62. The van der Waals surface area contributed by atoms with Gasteiger partial charge >= 0.3 is 5.69 Å². The Bertz CT molecular complexity index is 681. The number of benzene rings is 1. The molecular formula is C10H5BrF2N4O2. The Labute approximate surface area is 113 Å². The summed E-state index contributed by atoms with van der Waals surface area (Å²) in [6.07, 6.45) is 1.20. The van der Waals surface area contributed by atoms with Crippen molar-refractivity contribution < 1.29 is 13.7 Å². The molecule has 98 valence electrons. The summed E-state index contributed by atoms with van der Waals surface area (Å²) in [5.41, 5.74) is 3.93. The number of halogens is 3. The summed E-state index contributed by atoms with van der Waals surface area (Å²) in [6.45, 7) is 0. The highest BCUT2D eigenvalue weighted by molar-refractivity contribution is 9.10. The third-order valence-corrected chi connectivity index (χ3v) is 2.87. The van der Waals surface area contributed by atoms with Crippen LogP contribution in [0.15, 0.2) is 22.8 Å². The van der Waals surface area contributed by atoms with Gasteiger partial charge < -0.3 is 5.73 Å². The number of nitrogen functional groups attached to an aromatic ring is 1. The first-order valence-electron chi connectivity index (χ1n) is 4.82. The molecule has 1 heterocycles. The van der Waals surface area contributed by atoms with Gasteiger partial charge in [-0.15, -0.1) is 0 Å². The molecule has 0 aliphatic rings. The van der Waals surface area contributed by atoms with Crippen LogP contribution in [0.25, 0.3) is 11.4 Å². The quantitative estimate of drug-likeness (QED) is 0.674. The molecule has 0 atom stereocenters. The number of hydrogen-bond donors (Lipinski definition) is 1. The Hall–Kier alpha value is -2.16. The second kappa shape index (κ2) is 4.84. The topological polar surface area (TPSA) is 94.9 Å². The van der Waals surface area contributed by atoms with Crippen molar-refractivity contribution in [3.8, 4) is 11.4 Å². The number of nitro groups is 1. The van der Waals surface area contributed by atoms with Crippen LogP contribution >= 0.6 is 15.9 Å². The Kier molecular flexibility index (Phi) is 3.38. The van der Waals surface area contributed by atoms with Gasteiger partial charge in [-0.25, -0.2) is 14.4 Å². The second-order valence-electron chi connectivity index (χ2n) is 3.44. The lowest BCUT2D eigenvalue weighted by molar-refractivity contribution is -0.387. The number of nitrogens with two attached hydrogens (primary N) is 1. The molecular weight excluding hydrogens is 326 g/mol. The maximum absolute atomic E-state index is 13.9. The fraction of sp³-hybridized carbons (Fsp3) is 0. The number of aromatic nitrogens is 2. The van der Waals surface area contributed by atoms with E-state index in [-0.39, 0.29) is 11.6 Å². The van der Waals surface area contributed by atoms with E-state index < -0.39 is 27.8 Å². The lowest BCUT2D eigenvalue weighted by atomic mass is 10.1. The number of anilines is 1. The standard InChI is InChI=1S/C10H5BrF2N4O2/c11-4-3-15-10(16-9(4)14)7-5(12)1-2-6(8(7)13)17(18)19/h1-3H,(H2,14,15,16). The van der Waals surface area contributed by atoms with Crippen LogP contribution in [0.3, 0.4) is 0 Å². The van der Waals surface area contributed by atoms with E-state index in [0.29, 0.717) is 4.47 Å². The highest BCUT2D eigenvalue weighted by Gasteiger charge is 2.24. The summed E-state index contributed by atoms with van der Waals surface area (Å²) >= 11 is 3.03. The van der Waals surface area contributed by atoms with Crippen LogP contribution in [0.5, 0.6) is 0 Å². The van der Waals surface area contributed by atoms with Crippen LogP contribution in [-0.4, -0.2) is 14.9 Å². The summed E-state index contributed by atoms with van der Waals surface area (Å²) in [6, 6.07) is 1.51. The number of nitrogens with zero attached hydrogens (tertiary/aromatic N) is 3. The third-order valence-electron chi connectivity index (χ3n) is 2.26. The molecule has 0 amide bonds. The van der Waals surface area contributed by atoms with E-state index in [4.69, 9.17) is 5.73 Å². The monoisotopic (exact) mass is 330 g/mol. The molecule has 0 fully saturated rings. The largest absolute Gasteiger partial charge is 0.383 e. The maximum atomic E-state index is 13.9. The predicted molar refractivity (Wildman–Crippen MR) is 66.2 cm³/mol. The van der Waals surface area contributed by atoms with Gasteiger partial charge in [0, 0.05) is 12.3 Å². The molecule has 2 N–H and O–H groups in total. The van der Waals surface area contributed by atoms with Crippen LogP contribution in [0, 0.1) is 21.7 Å². The molecule has 0 aliphatic heterocycles. The lowest BCUT2D eigenvalue weighted by Gasteiger charge is -2.05. The van der Waals surface area contributed by atoms with Crippen molar-refractivity contribution in [2.75, 3.05) is 5.73 Å². The SMILES string of the molecule is Nc1nc(-c2c(F)ccc([N+](=O)[O-])c2F)ncc1Br. The van der Waals surface area contributed by atoms with E-state index in [9.17, 15) is 18.9 Å². The van der Waals surface area contributed by atoms with Gasteiger partial charge in [0.05, 0.1) is 15.0 Å². The summed E-state index contributed by atoms with van der Waals surface area (Å²) in [5.74, 6) is -2.74. The van der Waals surface area contributed by atoms with Crippen molar-refractivity contribution in [1.29, 1.82) is 0 Å². The van der Waals surface area contributed by atoms with Crippen LogP contribution in [0.4, 0.5) is 20.3 Å². The van der Waals surface area contributed by atoms with Gasteiger partial charge in [-0.05, 0) is 22.0 Å². The van der Waals surface area contributed by atoms with Gasteiger partial charge in [0.1, 0.15) is 11.6 Å². The van der Waals surface area contributed by atoms with Crippen LogP contribution in [0.2, 0.25) is 0 Å². The molecule has 0 unspecified atom stereocenters. The van der Waals surface area contributed by atoms with Crippen LogP contribution in [0.1, 0.15) is 0 Å². The van der Waals surface area contributed by atoms with Gasteiger partial charge in [-0.1, -0.05) is 0 Å². The van der Waals surface area contributed by atoms with E-state index >= 15 is 0 Å². The second-order valence-corrected chi connectivity index (χ2v) is 4.29. The van der Waals surface area contributed by atoms with Crippen molar-refractivity contribution >= 4 is 27.4 Å². The average molecular weight is 331 g/mol. The Morgan fingerprint density at radius 1 is 1.37 bits per heavy atom. The molecule has 1 aromatic heterocycles. The fourth-order valence-electron chi connectivity index (χ4n) is 1.39. The molecule has 6 nitrogen and oxygen atoms in total. The van der Waals surface area contributed by atoms with Gasteiger partial charge in [0.25, 0.3) is 0 Å². The van der Waals surface area contributed by atoms with Crippen molar-refractivity contribution in [1.82, 2.24) is 9.97 Å². The minimum atomic E-state index is -1.34. The smallest absolute Gasteiger partial charge is 0.305 e.